The fraction of sp³-hybridized carbons (Fsp3) is 0.300. The lowest BCUT2D eigenvalue weighted by Gasteiger charge is -2.12. The number of halogens is 1. The molecule has 6 heteroatoms. The van der Waals surface area contributed by atoms with Crippen LogP contribution in [0.5, 0.6) is 0 Å². The molecule has 0 spiro atoms. The third-order valence-corrected chi connectivity index (χ3v) is 3.81. The van der Waals surface area contributed by atoms with Crippen molar-refractivity contribution in [3.05, 3.63) is 71.0 Å². The van der Waals surface area contributed by atoms with Crippen LogP contribution in [0, 0.1) is 5.82 Å². The number of nitrogens with one attached hydrogen (secondary N) is 3. The van der Waals surface area contributed by atoms with Gasteiger partial charge in [-0.15, -0.1) is 0 Å². The predicted molar refractivity (Wildman–Crippen MR) is 103 cm³/mol. The van der Waals surface area contributed by atoms with Gasteiger partial charge in [-0.1, -0.05) is 24.3 Å². The molecule has 0 aliphatic heterocycles. The molecule has 5 nitrogen and oxygen atoms in total. The van der Waals surface area contributed by atoms with Crippen LogP contribution < -0.4 is 16.0 Å². The first-order valence-electron chi connectivity index (χ1n) is 8.68. The minimum absolute atomic E-state index is 0.0769. The molecule has 0 aliphatic carbocycles. The van der Waals surface area contributed by atoms with Crippen molar-refractivity contribution in [2.45, 2.75) is 19.9 Å². The van der Waals surface area contributed by atoms with Crippen molar-refractivity contribution in [1.82, 2.24) is 16.0 Å². The average Bonchev–Trinajstić information content (AvgIpc) is 2.65. The second-order valence-electron chi connectivity index (χ2n) is 5.79. The topological polar surface area (TPSA) is 65.5 Å². The van der Waals surface area contributed by atoms with E-state index in [2.05, 4.69) is 20.9 Å². The number of amides is 1. The molecule has 2 aromatic rings. The molecular weight excluding hydrogens is 331 g/mol. The quantitative estimate of drug-likeness (QED) is 0.527. The van der Waals surface area contributed by atoms with Gasteiger partial charge in [0.25, 0.3) is 5.91 Å². The maximum atomic E-state index is 13.2. The smallest absolute Gasteiger partial charge is 0.251 e. The van der Waals surface area contributed by atoms with E-state index in [-0.39, 0.29) is 11.7 Å². The van der Waals surface area contributed by atoms with E-state index < -0.39 is 0 Å². The number of carbonyl (C=O) groups is 1. The predicted octanol–water partition coefficient (Wildman–Crippen LogP) is 2.48. The highest BCUT2D eigenvalue weighted by Gasteiger charge is 2.05. The largest absolute Gasteiger partial charge is 0.356 e. The van der Waals surface area contributed by atoms with Gasteiger partial charge >= 0.3 is 0 Å². The van der Waals surface area contributed by atoms with Gasteiger partial charge in [0.2, 0.25) is 0 Å². The Morgan fingerprint density at radius 2 is 1.81 bits per heavy atom. The van der Waals surface area contributed by atoms with Crippen LogP contribution in [0.4, 0.5) is 4.39 Å². The Morgan fingerprint density at radius 3 is 2.54 bits per heavy atom. The van der Waals surface area contributed by atoms with Crippen molar-refractivity contribution in [3.63, 3.8) is 0 Å². The van der Waals surface area contributed by atoms with E-state index in [0.717, 1.165) is 11.1 Å². The van der Waals surface area contributed by atoms with Gasteiger partial charge in [-0.05, 0) is 48.7 Å². The summed E-state index contributed by atoms with van der Waals surface area (Å²) < 4.78 is 13.2. The SMILES string of the molecule is CCNC(=O)c1cccc(CNC(=NC)NCCc2cccc(F)c2)c1. The Balaban J connectivity index is 1.83. The summed E-state index contributed by atoms with van der Waals surface area (Å²) in [5.74, 6) is 0.355. The van der Waals surface area contributed by atoms with Gasteiger partial charge in [0, 0.05) is 32.2 Å². The Bertz CT molecular complexity index is 761. The lowest BCUT2D eigenvalue weighted by atomic mass is 10.1. The zero-order valence-electron chi connectivity index (χ0n) is 15.2. The number of guanidine groups is 1. The van der Waals surface area contributed by atoms with Gasteiger partial charge < -0.3 is 16.0 Å². The van der Waals surface area contributed by atoms with Crippen molar-refractivity contribution in [2.75, 3.05) is 20.1 Å². The van der Waals surface area contributed by atoms with Gasteiger partial charge in [-0.3, -0.25) is 9.79 Å². The second-order valence-corrected chi connectivity index (χ2v) is 5.79. The maximum Gasteiger partial charge on any atom is 0.251 e. The molecule has 0 saturated heterocycles. The highest BCUT2D eigenvalue weighted by atomic mass is 19.1. The first-order valence-corrected chi connectivity index (χ1v) is 8.68. The molecule has 2 rings (SSSR count). The lowest BCUT2D eigenvalue weighted by molar-refractivity contribution is 0.0955. The number of rotatable bonds is 7. The van der Waals surface area contributed by atoms with E-state index in [4.69, 9.17) is 0 Å². The standard InChI is InChI=1S/C20H25FN4O/c1-3-23-19(26)17-8-4-7-16(12-17)14-25-20(22-2)24-11-10-15-6-5-9-18(21)13-15/h4-9,12-13H,3,10-11,14H2,1-2H3,(H,23,26)(H2,22,24,25). The van der Waals surface area contributed by atoms with Crippen molar-refractivity contribution < 1.29 is 9.18 Å². The molecule has 0 unspecified atom stereocenters. The van der Waals surface area contributed by atoms with E-state index in [9.17, 15) is 9.18 Å². The van der Waals surface area contributed by atoms with Crippen LogP contribution in [0.25, 0.3) is 0 Å². The van der Waals surface area contributed by atoms with Crippen LogP contribution in [0.2, 0.25) is 0 Å². The highest BCUT2D eigenvalue weighted by Crippen LogP contribution is 2.05. The summed E-state index contributed by atoms with van der Waals surface area (Å²) in [4.78, 5) is 16.1. The number of nitrogens with zero attached hydrogens (tertiary/aromatic N) is 1. The first-order chi connectivity index (χ1) is 12.6. The average molecular weight is 356 g/mol. The third kappa shape index (κ3) is 6.20. The Labute approximate surface area is 153 Å². The van der Waals surface area contributed by atoms with Gasteiger partial charge in [0.1, 0.15) is 5.82 Å². The molecule has 0 saturated carbocycles. The van der Waals surface area contributed by atoms with E-state index in [1.54, 1.807) is 19.2 Å². The fourth-order valence-corrected chi connectivity index (χ4v) is 2.51. The summed E-state index contributed by atoms with van der Waals surface area (Å²) >= 11 is 0. The van der Waals surface area contributed by atoms with Crippen molar-refractivity contribution >= 4 is 11.9 Å². The second kappa shape index (κ2) is 10.2. The molecule has 2 aromatic carbocycles. The Morgan fingerprint density at radius 1 is 1.04 bits per heavy atom. The summed E-state index contributed by atoms with van der Waals surface area (Å²) in [6.07, 6.45) is 0.700. The zero-order valence-corrected chi connectivity index (χ0v) is 15.2. The summed E-state index contributed by atoms with van der Waals surface area (Å²) in [7, 11) is 1.70. The highest BCUT2D eigenvalue weighted by molar-refractivity contribution is 5.94. The summed E-state index contributed by atoms with van der Waals surface area (Å²) in [5, 5.41) is 9.21. The van der Waals surface area contributed by atoms with Gasteiger partial charge in [-0.25, -0.2) is 4.39 Å². The summed E-state index contributed by atoms with van der Waals surface area (Å²) in [6, 6.07) is 14.0. The van der Waals surface area contributed by atoms with Crippen molar-refractivity contribution in [1.29, 1.82) is 0 Å². The van der Waals surface area contributed by atoms with Crippen molar-refractivity contribution in [3.8, 4) is 0 Å². The number of benzene rings is 2. The zero-order chi connectivity index (χ0) is 18.8. The van der Waals surface area contributed by atoms with E-state index in [1.165, 1.54) is 12.1 Å². The molecule has 1 amide bonds. The van der Waals surface area contributed by atoms with Crippen LogP contribution in [-0.4, -0.2) is 32.0 Å². The molecule has 0 atom stereocenters. The monoisotopic (exact) mass is 356 g/mol. The van der Waals surface area contributed by atoms with E-state index in [1.807, 2.05) is 31.2 Å². The van der Waals surface area contributed by atoms with Crippen LogP contribution in [-0.2, 0) is 13.0 Å². The Hall–Kier alpha value is -2.89. The molecule has 3 N–H and O–H groups in total. The maximum absolute atomic E-state index is 13.2. The molecule has 0 aliphatic rings. The number of carbonyl (C=O) groups excluding carboxylic acids is 1. The molecule has 0 bridgehead atoms. The molecule has 0 heterocycles. The van der Waals surface area contributed by atoms with Gasteiger partial charge in [-0.2, -0.15) is 0 Å². The molecule has 0 aromatic heterocycles. The number of aliphatic imine (C=N–C) groups is 1. The van der Waals surface area contributed by atoms with Crippen LogP contribution in [0.15, 0.2) is 53.5 Å². The summed E-state index contributed by atoms with van der Waals surface area (Å²) in [6.45, 7) is 3.68. The molecule has 0 fully saturated rings. The minimum atomic E-state index is -0.225. The number of hydrogen-bond acceptors (Lipinski definition) is 2. The van der Waals surface area contributed by atoms with E-state index in [0.29, 0.717) is 37.6 Å². The third-order valence-electron chi connectivity index (χ3n) is 3.81. The van der Waals surface area contributed by atoms with Crippen molar-refractivity contribution in [2.24, 2.45) is 4.99 Å². The summed E-state index contributed by atoms with van der Waals surface area (Å²) in [5.41, 5.74) is 2.56. The molecular formula is C20H25FN4O. The van der Waals surface area contributed by atoms with Gasteiger partial charge in [0.15, 0.2) is 5.96 Å². The van der Waals surface area contributed by atoms with Gasteiger partial charge in [0.05, 0.1) is 0 Å². The molecule has 0 radical (unpaired) electrons. The molecule has 26 heavy (non-hydrogen) atoms. The number of hydrogen-bond donors (Lipinski definition) is 3. The van der Waals surface area contributed by atoms with Crippen LogP contribution in [0.3, 0.4) is 0 Å². The van der Waals surface area contributed by atoms with E-state index >= 15 is 0 Å². The van der Waals surface area contributed by atoms with Crippen LogP contribution in [0.1, 0.15) is 28.4 Å². The Kier molecular flexibility index (Phi) is 7.61. The van der Waals surface area contributed by atoms with Crippen LogP contribution >= 0.6 is 0 Å². The normalized spacial score (nSPS) is 11.1. The fourth-order valence-electron chi connectivity index (χ4n) is 2.51. The minimum Gasteiger partial charge on any atom is -0.356 e. The lowest BCUT2D eigenvalue weighted by Crippen LogP contribution is -2.37. The first kappa shape index (κ1) is 19.4. The molecule has 138 valence electrons.